The lowest BCUT2D eigenvalue weighted by Gasteiger charge is -2.26. The van der Waals surface area contributed by atoms with E-state index in [0.29, 0.717) is 25.1 Å². The van der Waals surface area contributed by atoms with Crippen LogP contribution in [0.4, 0.5) is 0 Å². The molecule has 138 valence electrons. The predicted molar refractivity (Wildman–Crippen MR) is 103 cm³/mol. The van der Waals surface area contributed by atoms with Crippen LogP contribution in [0.2, 0.25) is 0 Å². The van der Waals surface area contributed by atoms with Gasteiger partial charge in [0.05, 0.1) is 17.1 Å². The Bertz CT molecular complexity index is 867. The number of aryl methyl sites for hydroxylation is 2. The Balaban J connectivity index is 1.80. The van der Waals surface area contributed by atoms with Crippen LogP contribution in [0.5, 0.6) is 0 Å². The number of aromatic nitrogens is 1. The molecule has 0 saturated carbocycles. The van der Waals surface area contributed by atoms with Gasteiger partial charge < -0.3 is 10.2 Å². The first-order valence-corrected chi connectivity index (χ1v) is 9.10. The Labute approximate surface area is 154 Å². The van der Waals surface area contributed by atoms with E-state index in [1.807, 2.05) is 43.0 Å². The molecule has 0 bridgehead atoms. The Morgan fingerprint density at radius 3 is 2.73 bits per heavy atom. The van der Waals surface area contributed by atoms with E-state index in [0.717, 1.165) is 22.2 Å². The molecule has 1 saturated heterocycles. The van der Waals surface area contributed by atoms with E-state index in [1.54, 1.807) is 0 Å². The molecule has 2 heterocycles. The molecule has 5 nitrogen and oxygen atoms in total. The maximum atomic E-state index is 12.9. The van der Waals surface area contributed by atoms with Gasteiger partial charge in [-0.2, -0.15) is 0 Å². The van der Waals surface area contributed by atoms with Gasteiger partial charge in [-0.1, -0.05) is 39.0 Å². The van der Waals surface area contributed by atoms with Crippen molar-refractivity contribution >= 4 is 22.7 Å². The van der Waals surface area contributed by atoms with Crippen molar-refractivity contribution in [1.82, 2.24) is 15.2 Å². The van der Waals surface area contributed by atoms with Gasteiger partial charge in [-0.3, -0.25) is 14.6 Å². The van der Waals surface area contributed by atoms with E-state index in [4.69, 9.17) is 0 Å². The summed E-state index contributed by atoms with van der Waals surface area (Å²) in [7, 11) is 0. The molecule has 1 aliphatic heterocycles. The maximum absolute atomic E-state index is 12.9. The first-order valence-electron chi connectivity index (χ1n) is 9.10. The second-order valence-corrected chi connectivity index (χ2v) is 8.49. The third-order valence-electron chi connectivity index (χ3n) is 4.63. The van der Waals surface area contributed by atoms with Crippen molar-refractivity contribution in [2.45, 2.75) is 47.1 Å². The molecular formula is C21H27N3O2. The number of benzene rings is 1. The zero-order valence-electron chi connectivity index (χ0n) is 16.2. The fraction of sp³-hybridized carbons (Fsp3) is 0.476. The zero-order valence-corrected chi connectivity index (χ0v) is 16.2. The van der Waals surface area contributed by atoms with Gasteiger partial charge in [0.15, 0.2) is 0 Å². The molecule has 3 rings (SSSR count). The molecule has 2 amide bonds. The number of carbonyl (C=O) groups excluding carboxylic acids is 2. The predicted octanol–water partition coefficient (Wildman–Crippen LogP) is 3.23. The Hall–Kier alpha value is -2.43. The fourth-order valence-electron chi connectivity index (χ4n) is 3.57. The normalized spacial score (nSPS) is 17.8. The number of hydrogen-bond acceptors (Lipinski definition) is 3. The first kappa shape index (κ1) is 18.4. The molecule has 1 N–H and O–H groups in total. The summed E-state index contributed by atoms with van der Waals surface area (Å²) in [5, 5.41) is 3.90. The molecule has 2 aromatic rings. The highest BCUT2D eigenvalue weighted by Crippen LogP contribution is 2.23. The largest absolute Gasteiger partial charge is 0.347 e. The van der Waals surface area contributed by atoms with Gasteiger partial charge in [0.2, 0.25) is 5.91 Å². The highest BCUT2D eigenvalue weighted by molar-refractivity contribution is 6.07. The van der Waals surface area contributed by atoms with Gasteiger partial charge >= 0.3 is 0 Å². The summed E-state index contributed by atoms with van der Waals surface area (Å²) >= 11 is 0. The van der Waals surface area contributed by atoms with E-state index >= 15 is 0 Å². The summed E-state index contributed by atoms with van der Waals surface area (Å²) in [6, 6.07) is 7.54. The number of rotatable bonds is 3. The molecule has 0 radical (unpaired) electrons. The third-order valence-corrected chi connectivity index (χ3v) is 4.63. The molecule has 1 aliphatic rings. The van der Waals surface area contributed by atoms with Crippen LogP contribution in [0.3, 0.4) is 0 Å². The van der Waals surface area contributed by atoms with Crippen molar-refractivity contribution in [3.05, 3.63) is 41.1 Å². The SMILES string of the molecule is Cc1cc(C(=O)N[C@H]2CC(=O)N(CC(C)(C)C)C2)c2cccc(C)c2n1. The smallest absolute Gasteiger partial charge is 0.252 e. The summed E-state index contributed by atoms with van der Waals surface area (Å²) in [5.41, 5.74) is 3.39. The number of pyridine rings is 1. The topological polar surface area (TPSA) is 62.3 Å². The molecule has 5 heteroatoms. The molecule has 0 unspecified atom stereocenters. The standard InChI is InChI=1S/C21H27N3O2/c1-13-7-6-8-16-17(9-14(2)22-19(13)16)20(26)23-15-10-18(25)24(11-15)12-21(3,4)5/h6-9,15H,10-12H2,1-5H3,(H,23,26)/t15-/m0/s1. The van der Waals surface area contributed by atoms with Crippen LogP contribution < -0.4 is 5.32 Å². The number of likely N-dealkylation sites (tertiary alicyclic amines) is 1. The summed E-state index contributed by atoms with van der Waals surface area (Å²) in [6.45, 7) is 11.5. The quantitative estimate of drug-likeness (QED) is 0.921. The lowest BCUT2D eigenvalue weighted by molar-refractivity contribution is -0.128. The van der Waals surface area contributed by atoms with Crippen molar-refractivity contribution in [2.24, 2.45) is 5.41 Å². The lowest BCUT2D eigenvalue weighted by atomic mass is 9.96. The molecule has 1 atom stereocenters. The molecule has 0 aliphatic carbocycles. The van der Waals surface area contributed by atoms with Gasteiger partial charge in [-0.15, -0.1) is 0 Å². The Kier molecular flexibility index (Phi) is 4.74. The average Bonchev–Trinajstić information content (AvgIpc) is 2.85. The number of hydrogen-bond donors (Lipinski definition) is 1. The van der Waals surface area contributed by atoms with Crippen LogP contribution in [0.25, 0.3) is 10.9 Å². The van der Waals surface area contributed by atoms with Crippen molar-refractivity contribution in [2.75, 3.05) is 13.1 Å². The second kappa shape index (κ2) is 6.71. The summed E-state index contributed by atoms with van der Waals surface area (Å²) < 4.78 is 0. The number of amides is 2. The first-order chi connectivity index (χ1) is 12.1. The van der Waals surface area contributed by atoms with E-state index in [9.17, 15) is 9.59 Å². The van der Waals surface area contributed by atoms with Gasteiger partial charge in [0.25, 0.3) is 5.91 Å². The minimum Gasteiger partial charge on any atom is -0.347 e. The van der Waals surface area contributed by atoms with Crippen molar-refractivity contribution in [1.29, 1.82) is 0 Å². The van der Waals surface area contributed by atoms with Crippen LogP contribution in [-0.2, 0) is 4.79 Å². The summed E-state index contributed by atoms with van der Waals surface area (Å²) in [6.07, 6.45) is 0.364. The molecule has 1 fully saturated rings. The molecule has 1 aromatic heterocycles. The van der Waals surface area contributed by atoms with Crippen LogP contribution in [0, 0.1) is 19.3 Å². The number of nitrogens with one attached hydrogen (secondary N) is 1. The molecule has 1 aromatic carbocycles. The lowest BCUT2D eigenvalue weighted by Crippen LogP contribution is -2.39. The van der Waals surface area contributed by atoms with Gasteiger partial charge in [0.1, 0.15) is 0 Å². The number of carbonyl (C=O) groups is 2. The second-order valence-electron chi connectivity index (χ2n) is 8.49. The van der Waals surface area contributed by atoms with Crippen LogP contribution in [0.1, 0.15) is 48.8 Å². The fourth-order valence-corrected chi connectivity index (χ4v) is 3.57. The van der Waals surface area contributed by atoms with E-state index in [2.05, 4.69) is 31.1 Å². The van der Waals surface area contributed by atoms with Crippen molar-refractivity contribution in [3.8, 4) is 0 Å². The van der Waals surface area contributed by atoms with E-state index < -0.39 is 0 Å². The average molecular weight is 353 g/mol. The highest BCUT2D eigenvalue weighted by Gasteiger charge is 2.33. The van der Waals surface area contributed by atoms with Gasteiger partial charge in [-0.25, -0.2) is 0 Å². The van der Waals surface area contributed by atoms with Crippen LogP contribution >= 0.6 is 0 Å². The minimum absolute atomic E-state index is 0.0461. The molecular weight excluding hydrogens is 326 g/mol. The highest BCUT2D eigenvalue weighted by atomic mass is 16.2. The van der Waals surface area contributed by atoms with E-state index in [1.165, 1.54) is 0 Å². The monoisotopic (exact) mass is 353 g/mol. The van der Waals surface area contributed by atoms with Gasteiger partial charge in [0, 0.05) is 30.6 Å². The van der Waals surface area contributed by atoms with Crippen LogP contribution in [-0.4, -0.2) is 40.8 Å². The number of nitrogens with zero attached hydrogens (tertiary/aromatic N) is 2. The zero-order chi connectivity index (χ0) is 19.1. The summed E-state index contributed by atoms with van der Waals surface area (Å²) in [4.78, 5) is 31.6. The third kappa shape index (κ3) is 3.87. The van der Waals surface area contributed by atoms with E-state index in [-0.39, 0.29) is 23.3 Å². The Morgan fingerprint density at radius 2 is 2.04 bits per heavy atom. The molecule has 26 heavy (non-hydrogen) atoms. The number of para-hydroxylation sites is 1. The van der Waals surface area contributed by atoms with Crippen LogP contribution in [0.15, 0.2) is 24.3 Å². The number of fused-ring (bicyclic) bond motifs is 1. The summed E-state index contributed by atoms with van der Waals surface area (Å²) in [5.74, 6) is -0.0293. The van der Waals surface area contributed by atoms with Crippen molar-refractivity contribution < 1.29 is 9.59 Å². The van der Waals surface area contributed by atoms with Gasteiger partial charge in [-0.05, 0) is 30.9 Å². The van der Waals surface area contributed by atoms with Crippen molar-refractivity contribution in [3.63, 3.8) is 0 Å². The Morgan fingerprint density at radius 1 is 1.31 bits per heavy atom. The molecule has 0 spiro atoms. The minimum atomic E-state index is -0.148. The maximum Gasteiger partial charge on any atom is 0.252 e.